The number of ether oxygens (including phenoxy) is 1. The number of morpholine rings is 1. The van der Waals surface area contributed by atoms with Crippen molar-refractivity contribution in [2.24, 2.45) is 0 Å². The lowest BCUT2D eigenvalue weighted by Crippen LogP contribution is -2.55. The average Bonchev–Trinajstić information content (AvgIpc) is 3.32. The Labute approximate surface area is 165 Å². The molecule has 0 bridgehead atoms. The molecule has 26 heavy (non-hydrogen) atoms. The second kappa shape index (κ2) is 8.63. The van der Waals surface area contributed by atoms with Crippen molar-refractivity contribution >= 4 is 29.0 Å². The lowest BCUT2D eigenvalue weighted by molar-refractivity contribution is -0.139. The van der Waals surface area contributed by atoms with Crippen LogP contribution < -0.4 is 0 Å². The van der Waals surface area contributed by atoms with E-state index in [-0.39, 0.29) is 5.41 Å². The molecule has 1 unspecified atom stereocenters. The van der Waals surface area contributed by atoms with E-state index < -0.39 is 0 Å². The molecule has 6 heteroatoms. The van der Waals surface area contributed by atoms with Gasteiger partial charge in [0.05, 0.1) is 24.7 Å². The minimum Gasteiger partial charge on any atom is -0.379 e. The molecule has 1 atom stereocenters. The number of thiophene rings is 1. The van der Waals surface area contributed by atoms with Crippen LogP contribution in [0, 0.1) is 0 Å². The summed E-state index contributed by atoms with van der Waals surface area (Å²) in [5.41, 5.74) is -0.244. The zero-order chi connectivity index (χ0) is 17.8. The van der Waals surface area contributed by atoms with Crippen molar-refractivity contribution in [3.8, 4) is 0 Å². The molecule has 3 aliphatic rings. The van der Waals surface area contributed by atoms with Crippen molar-refractivity contribution < 1.29 is 9.53 Å². The van der Waals surface area contributed by atoms with Crippen molar-refractivity contribution in [1.29, 1.82) is 0 Å². The van der Waals surface area contributed by atoms with Gasteiger partial charge in [-0.1, -0.05) is 18.9 Å². The van der Waals surface area contributed by atoms with E-state index >= 15 is 0 Å². The fourth-order valence-corrected chi connectivity index (χ4v) is 6.73. The van der Waals surface area contributed by atoms with Gasteiger partial charge in [0.15, 0.2) is 0 Å². The number of rotatable bonds is 4. The Hall–Kier alpha value is -0.560. The van der Waals surface area contributed by atoms with E-state index in [1.165, 1.54) is 23.5 Å². The van der Waals surface area contributed by atoms with Crippen LogP contribution in [0.25, 0.3) is 0 Å². The molecule has 4 rings (SSSR count). The SMILES string of the molecule is O=C(N1CCCSCC1CN1CCOCC1)C1(c2cccs2)CCCC1. The maximum absolute atomic E-state index is 13.9. The summed E-state index contributed by atoms with van der Waals surface area (Å²) in [5.74, 6) is 2.66. The number of hydrogen-bond donors (Lipinski definition) is 0. The van der Waals surface area contributed by atoms with Crippen molar-refractivity contribution in [3.05, 3.63) is 22.4 Å². The Morgan fingerprint density at radius 2 is 2.00 bits per heavy atom. The van der Waals surface area contributed by atoms with E-state index in [0.717, 1.165) is 64.4 Å². The van der Waals surface area contributed by atoms with Gasteiger partial charge in [0.2, 0.25) is 5.91 Å². The maximum Gasteiger partial charge on any atom is 0.234 e. The van der Waals surface area contributed by atoms with E-state index in [9.17, 15) is 4.79 Å². The Morgan fingerprint density at radius 3 is 2.73 bits per heavy atom. The highest BCUT2D eigenvalue weighted by molar-refractivity contribution is 7.99. The fraction of sp³-hybridized carbons (Fsp3) is 0.750. The van der Waals surface area contributed by atoms with Crippen molar-refractivity contribution in [2.75, 3.05) is 50.9 Å². The summed E-state index contributed by atoms with van der Waals surface area (Å²) in [4.78, 5) is 20.0. The summed E-state index contributed by atoms with van der Waals surface area (Å²) in [6.07, 6.45) is 5.54. The first-order chi connectivity index (χ1) is 12.8. The van der Waals surface area contributed by atoms with Gasteiger partial charge in [-0.2, -0.15) is 11.8 Å². The van der Waals surface area contributed by atoms with Gasteiger partial charge in [0.25, 0.3) is 0 Å². The molecule has 2 aliphatic heterocycles. The van der Waals surface area contributed by atoms with Gasteiger partial charge in [-0.25, -0.2) is 0 Å². The average molecular weight is 395 g/mol. The van der Waals surface area contributed by atoms with Crippen LogP contribution in [0.5, 0.6) is 0 Å². The van der Waals surface area contributed by atoms with E-state index in [0.29, 0.717) is 11.9 Å². The molecule has 2 saturated heterocycles. The van der Waals surface area contributed by atoms with Crippen LogP contribution in [0.2, 0.25) is 0 Å². The van der Waals surface area contributed by atoms with Gasteiger partial charge in [0, 0.05) is 36.8 Å². The van der Waals surface area contributed by atoms with E-state index in [1.807, 2.05) is 11.8 Å². The van der Waals surface area contributed by atoms with Crippen LogP contribution in [0.15, 0.2) is 17.5 Å². The molecule has 0 spiro atoms. The molecule has 0 radical (unpaired) electrons. The first-order valence-corrected chi connectivity index (χ1v) is 12.1. The van der Waals surface area contributed by atoms with Crippen LogP contribution in [0.4, 0.5) is 0 Å². The van der Waals surface area contributed by atoms with Crippen molar-refractivity contribution in [1.82, 2.24) is 9.80 Å². The summed E-state index contributed by atoms with van der Waals surface area (Å²) in [7, 11) is 0. The monoisotopic (exact) mass is 394 g/mol. The van der Waals surface area contributed by atoms with Crippen LogP contribution in [0.3, 0.4) is 0 Å². The minimum absolute atomic E-state index is 0.244. The standard InChI is InChI=1S/C20H30N2O2S2/c23-19(20(6-1-2-7-20)18-5-3-14-26-18)22-8-4-13-25-16-17(22)15-21-9-11-24-12-10-21/h3,5,14,17H,1-2,4,6-13,15-16H2. The molecule has 144 valence electrons. The topological polar surface area (TPSA) is 32.8 Å². The molecule has 4 nitrogen and oxygen atoms in total. The Morgan fingerprint density at radius 1 is 1.19 bits per heavy atom. The summed E-state index contributed by atoms with van der Waals surface area (Å²) >= 11 is 3.80. The number of carbonyl (C=O) groups is 1. The van der Waals surface area contributed by atoms with E-state index in [4.69, 9.17) is 4.74 Å². The van der Waals surface area contributed by atoms with Gasteiger partial charge in [0.1, 0.15) is 0 Å². The smallest absolute Gasteiger partial charge is 0.234 e. The Bertz CT molecular complexity index is 581. The summed E-state index contributed by atoms with van der Waals surface area (Å²) in [6, 6.07) is 4.64. The number of hydrogen-bond acceptors (Lipinski definition) is 5. The van der Waals surface area contributed by atoms with Crippen LogP contribution in [-0.4, -0.2) is 72.6 Å². The Kier molecular flexibility index (Phi) is 6.24. The predicted octanol–water partition coefficient (Wildman–Crippen LogP) is 3.23. The van der Waals surface area contributed by atoms with Crippen LogP contribution >= 0.6 is 23.1 Å². The molecule has 0 aromatic carbocycles. The van der Waals surface area contributed by atoms with E-state index in [2.05, 4.69) is 27.3 Å². The highest BCUT2D eigenvalue weighted by atomic mass is 32.2. The molecular weight excluding hydrogens is 364 g/mol. The van der Waals surface area contributed by atoms with Crippen molar-refractivity contribution in [3.63, 3.8) is 0 Å². The molecule has 1 amide bonds. The molecule has 1 aromatic rings. The fourth-order valence-electron chi connectivity index (χ4n) is 4.70. The first kappa shape index (κ1) is 18.8. The number of nitrogens with zero attached hydrogens (tertiary/aromatic N) is 2. The molecule has 1 saturated carbocycles. The third kappa shape index (κ3) is 3.84. The lowest BCUT2D eigenvalue weighted by Gasteiger charge is -2.40. The molecule has 0 N–H and O–H groups in total. The summed E-state index contributed by atoms with van der Waals surface area (Å²) in [5, 5.41) is 2.13. The predicted molar refractivity (Wildman–Crippen MR) is 109 cm³/mol. The van der Waals surface area contributed by atoms with Gasteiger partial charge in [-0.15, -0.1) is 11.3 Å². The van der Waals surface area contributed by atoms with Crippen LogP contribution in [0.1, 0.15) is 37.0 Å². The molecule has 3 heterocycles. The second-order valence-corrected chi connectivity index (χ2v) is 9.86. The third-order valence-electron chi connectivity index (χ3n) is 6.13. The lowest BCUT2D eigenvalue weighted by atomic mass is 9.82. The molecule has 1 aromatic heterocycles. The zero-order valence-electron chi connectivity index (χ0n) is 15.5. The highest BCUT2D eigenvalue weighted by Gasteiger charge is 2.47. The first-order valence-electron chi connectivity index (χ1n) is 10.0. The minimum atomic E-state index is -0.244. The number of amides is 1. The highest BCUT2D eigenvalue weighted by Crippen LogP contribution is 2.45. The van der Waals surface area contributed by atoms with E-state index in [1.54, 1.807) is 11.3 Å². The summed E-state index contributed by atoms with van der Waals surface area (Å²) in [6.45, 7) is 5.58. The van der Waals surface area contributed by atoms with Gasteiger partial charge in [-0.3, -0.25) is 9.69 Å². The van der Waals surface area contributed by atoms with Gasteiger partial charge >= 0.3 is 0 Å². The molecule has 3 fully saturated rings. The molecule has 1 aliphatic carbocycles. The third-order valence-corrected chi connectivity index (χ3v) is 8.40. The largest absolute Gasteiger partial charge is 0.379 e. The van der Waals surface area contributed by atoms with Crippen molar-refractivity contribution in [2.45, 2.75) is 43.6 Å². The number of carbonyl (C=O) groups excluding carboxylic acids is 1. The zero-order valence-corrected chi connectivity index (χ0v) is 17.2. The number of thioether (sulfide) groups is 1. The van der Waals surface area contributed by atoms with Crippen LogP contribution in [-0.2, 0) is 14.9 Å². The summed E-state index contributed by atoms with van der Waals surface area (Å²) < 4.78 is 5.51. The molecular formula is C20H30N2O2S2. The maximum atomic E-state index is 13.9. The second-order valence-electron chi connectivity index (χ2n) is 7.76. The quantitative estimate of drug-likeness (QED) is 0.785. The van der Waals surface area contributed by atoms with Gasteiger partial charge in [-0.05, 0) is 36.5 Å². The normalized spacial score (nSPS) is 27.4. The van der Waals surface area contributed by atoms with Gasteiger partial charge < -0.3 is 9.64 Å². The Balaban J connectivity index is 1.56.